The zero-order valence-corrected chi connectivity index (χ0v) is 15.7. The van der Waals surface area contributed by atoms with Gasteiger partial charge in [0, 0.05) is 9.77 Å². The third-order valence-corrected chi connectivity index (χ3v) is 6.44. The SMILES string of the molecule is C[C@@H]1CCc2c(sc(NC(=O)CSc3ccc(F)c(F)c3)c2C(N)=O)C1. The van der Waals surface area contributed by atoms with Crippen LogP contribution < -0.4 is 11.1 Å². The average Bonchev–Trinajstić information content (AvgIpc) is 2.92. The summed E-state index contributed by atoms with van der Waals surface area (Å²) in [6, 6.07) is 3.49. The lowest BCUT2D eigenvalue weighted by Crippen LogP contribution is -2.20. The number of thioether (sulfide) groups is 1. The summed E-state index contributed by atoms with van der Waals surface area (Å²) in [5.74, 6) is -2.19. The Morgan fingerprint density at radius 3 is 2.81 bits per heavy atom. The molecule has 0 saturated carbocycles. The van der Waals surface area contributed by atoms with Gasteiger partial charge in [0.1, 0.15) is 5.00 Å². The largest absolute Gasteiger partial charge is 0.365 e. The molecule has 0 unspecified atom stereocenters. The Bertz CT molecular complexity index is 867. The summed E-state index contributed by atoms with van der Waals surface area (Å²) in [4.78, 5) is 25.7. The second-order valence-corrected chi connectivity index (χ2v) is 8.49. The monoisotopic (exact) mass is 396 g/mol. The van der Waals surface area contributed by atoms with Crippen molar-refractivity contribution in [3.63, 3.8) is 0 Å². The van der Waals surface area contributed by atoms with Gasteiger partial charge in [0.05, 0.1) is 11.3 Å². The van der Waals surface area contributed by atoms with Crippen LogP contribution in [0.15, 0.2) is 23.1 Å². The van der Waals surface area contributed by atoms with Gasteiger partial charge in [-0.15, -0.1) is 23.1 Å². The molecule has 0 fully saturated rings. The third kappa shape index (κ3) is 4.07. The molecule has 26 heavy (non-hydrogen) atoms. The highest BCUT2D eigenvalue weighted by Crippen LogP contribution is 2.39. The van der Waals surface area contributed by atoms with Gasteiger partial charge in [-0.2, -0.15) is 0 Å². The molecule has 1 aliphatic rings. The Morgan fingerprint density at radius 2 is 2.12 bits per heavy atom. The van der Waals surface area contributed by atoms with E-state index in [4.69, 9.17) is 5.73 Å². The van der Waals surface area contributed by atoms with E-state index in [2.05, 4.69) is 12.2 Å². The highest BCUT2D eigenvalue weighted by molar-refractivity contribution is 8.00. The Hall–Kier alpha value is -1.93. The number of hydrogen-bond donors (Lipinski definition) is 2. The molecule has 1 atom stereocenters. The Balaban J connectivity index is 1.71. The minimum absolute atomic E-state index is 0.0161. The van der Waals surface area contributed by atoms with E-state index in [1.807, 2.05) is 0 Å². The van der Waals surface area contributed by atoms with Gasteiger partial charge >= 0.3 is 0 Å². The number of carbonyl (C=O) groups is 2. The van der Waals surface area contributed by atoms with E-state index < -0.39 is 17.5 Å². The summed E-state index contributed by atoms with van der Waals surface area (Å²) < 4.78 is 26.2. The van der Waals surface area contributed by atoms with Gasteiger partial charge in [0.25, 0.3) is 5.91 Å². The first-order chi connectivity index (χ1) is 12.3. The maximum atomic E-state index is 13.2. The van der Waals surface area contributed by atoms with E-state index in [0.717, 1.165) is 53.6 Å². The summed E-state index contributed by atoms with van der Waals surface area (Å²) in [6.45, 7) is 2.16. The second kappa shape index (κ2) is 7.75. The lowest BCUT2D eigenvalue weighted by molar-refractivity contribution is -0.113. The van der Waals surface area contributed by atoms with Gasteiger partial charge in [-0.05, 0) is 48.9 Å². The number of nitrogens with two attached hydrogens (primary N) is 1. The van der Waals surface area contributed by atoms with Crippen molar-refractivity contribution in [1.29, 1.82) is 0 Å². The van der Waals surface area contributed by atoms with Gasteiger partial charge in [0.2, 0.25) is 5.91 Å². The van der Waals surface area contributed by atoms with E-state index >= 15 is 0 Å². The lowest BCUT2D eigenvalue weighted by Gasteiger charge is -2.18. The number of rotatable bonds is 5. The third-order valence-electron chi connectivity index (χ3n) is 4.27. The summed E-state index contributed by atoms with van der Waals surface area (Å²) >= 11 is 2.49. The molecule has 0 radical (unpaired) electrons. The van der Waals surface area contributed by atoms with Gasteiger partial charge in [-0.1, -0.05) is 6.92 Å². The number of fused-ring (bicyclic) bond motifs is 1. The molecule has 0 aliphatic heterocycles. The first-order valence-corrected chi connectivity index (χ1v) is 9.97. The fourth-order valence-corrected chi connectivity index (χ4v) is 5.13. The van der Waals surface area contributed by atoms with Crippen molar-refractivity contribution in [1.82, 2.24) is 0 Å². The van der Waals surface area contributed by atoms with Crippen molar-refractivity contribution in [3.8, 4) is 0 Å². The fraction of sp³-hybridized carbons (Fsp3) is 0.333. The number of thiophene rings is 1. The molecule has 4 nitrogen and oxygen atoms in total. The van der Waals surface area contributed by atoms with E-state index in [-0.39, 0.29) is 11.7 Å². The molecule has 1 aromatic carbocycles. The molecular weight excluding hydrogens is 378 g/mol. The number of primary amides is 1. The van der Waals surface area contributed by atoms with Crippen molar-refractivity contribution >= 4 is 39.9 Å². The molecule has 0 spiro atoms. The Kier molecular flexibility index (Phi) is 5.62. The summed E-state index contributed by atoms with van der Waals surface area (Å²) in [7, 11) is 0. The number of benzene rings is 1. The van der Waals surface area contributed by atoms with Crippen LogP contribution in [-0.2, 0) is 17.6 Å². The van der Waals surface area contributed by atoms with Gasteiger partial charge in [0.15, 0.2) is 11.6 Å². The molecule has 138 valence electrons. The smallest absolute Gasteiger partial charge is 0.251 e. The first kappa shape index (κ1) is 18.8. The van der Waals surface area contributed by atoms with Crippen LogP contribution in [-0.4, -0.2) is 17.6 Å². The molecule has 1 heterocycles. The number of nitrogens with one attached hydrogen (secondary N) is 1. The van der Waals surface area contributed by atoms with Crippen LogP contribution in [0, 0.1) is 17.6 Å². The Morgan fingerprint density at radius 1 is 1.35 bits per heavy atom. The minimum Gasteiger partial charge on any atom is -0.365 e. The molecular formula is C18H18F2N2O2S2. The van der Waals surface area contributed by atoms with E-state index in [1.165, 1.54) is 17.4 Å². The summed E-state index contributed by atoms with van der Waals surface area (Å²) in [6.07, 6.45) is 2.65. The maximum Gasteiger partial charge on any atom is 0.251 e. The van der Waals surface area contributed by atoms with Crippen LogP contribution in [0.25, 0.3) is 0 Å². The molecule has 0 bridgehead atoms. The van der Waals surface area contributed by atoms with Crippen LogP contribution >= 0.6 is 23.1 Å². The second-order valence-electron chi connectivity index (χ2n) is 6.33. The van der Waals surface area contributed by atoms with Crippen molar-refractivity contribution in [2.45, 2.75) is 31.1 Å². The van der Waals surface area contributed by atoms with Crippen LogP contribution in [0.4, 0.5) is 13.8 Å². The quantitative estimate of drug-likeness (QED) is 0.751. The fourth-order valence-electron chi connectivity index (χ4n) is 2.98. The Labute approximate surface area is 158 Å². The van der Waals surface area contributed by atoms with E-state index in [1.54, 1.807) is 0 Å². The summed E-state index contributed by atoms with van der Waals surface area (Å²) in [5, 5.41) is 3.23. The molecule has 0 saturated heterocycles. The number of amides is 2. The molecule has 2 amide bonds. The van der Waals surface area contributed by atoms with Gasteiger partial charge in [-0.3, -0.25) is 9.59 Å². The zero-order chi connectivity index (χ0) is 18.8. The van der Waals surface area contributed by atoms with Crippen LogP contribution in [0.3, 0.4) is 0 Å². The zero-order valence-electron chi connectivity index (χ0n) is 14.1. The topological polar surface area (TPSA) is 72.2 Å². The maximum absolute atomic E-state index is 13.2. The van der Waals surface area contributed by atoms with Gasteiger partial charge in [-0.25, -0.2) is 8.78 Å². The number of anilines is 1. The summed E-state index contributed by atoms with van der Waals surface area (Å²) in [5.41, 5.74) is 6.88. The highest BCUT2D eigenvalue weighted by atomic mass is 32.2. The van der Waals surface area contributed by atoms with E-state index in [9.17, 15) is 18.4 Å². The van der Waals surface area contributed by atoms with Crippen LogP contribution in [0.1, 0.15) is 34.1 Å². The predicted molar refractivity (Wildman–Crippen MR) is 99.7 cm³/mol. The molecule has 3 N–H and O–H groups in total. The molecule has 1 aliphatic carbocycles. The standard InChI is InChI=1S/C18H18F2N2O2S2/c1-9-2-4-11-14(6-9)26-18(16(11)17(21)24)22-15(23)8-25-10-3-5-12(19)13(20)7-10/h3,5,7,9H,2,4,6,8H2,1H3,(H2,21,24)(H,22,23)/t9-/m1/s1. The van der Waals surface area contributed by atoms with Crippen molar-refractivity contribution in [2.24, 2.45) is 11.7 Å². The molecule has 3 rings (SSSR count). The first-order valence-electron chi connectivity index (χ1n) is 8.17. The number of halogens is 2. The van der Waals surface area contributed by atoms with Crippen molar-refractivity contribution < 1.29 is 18.4 Å². The average molecular weight is 396 g/mol. The molecule has 2 aromatic rings. The molecule has 1 aromatic heterocycles. The predicted octanol–water partition coefficient (Wildman–Crippen LogP) is 3.98. The normalized spacial score (nSPS) is 16.2. The lowest BCUT2D eigenvalue weighted by atomic mass is 9.88. The van der Waals surface area contributed by atoms with Gasteiger partial charge < -0.3 is 11.1 Å². The number of carbonyl (C=O) groups excluding carboxylic acids is 2. The number of hydrogen-bond acceptors (Lipinski definition) is 4. The van der Waals surface area contributed by atoms with Crippen LogP contribution in [0.2, 0.25) is 0 Å². The van der Waals surface area contributed by atoms with Crippen molar-refractivity contribution in [2.75, 3.05) is 11.1 Å². The highest BCUT2D eigenvalue weighted by Gasteiger charge is 2.27. The molecule has 8 heteroatoms. The minimum atomic E-state index is -0.952. The van der Waals surface area contributed by atoms with Crippen molar-refractivity contribution in [3.05, 3.63) is 45.8 Å². The van der Waals surface area contributed by atoms with Crippen LogP contribution in [0.5, 0.6) is 0 Å². The van der Waals surface area contributed by atoms with E-state index in [0.29, 0.717) is 21.4 Å².